The summed E-state index contributed by atoms with van der Waals surface area (Å²) < 4.78 is 29.1. The van der Waals surface area contributed by atoms with E-state index in [9.17, 15) is 4.79 Å². The lowest BCUT2D eigenvalue weighted by atomic mass is 9.90. The molecule has 2 atom stereocenters. The zero-order chi connectivity index (χ0) is 29.5. The number of ether oxygens (including phenoxy) is 2. The molecule has 2 aliphatic rings. The predicted octanol–water partition coefficient (Wildman–Crippen LogP) is 4.64. The van der Waals surface area contributed by atoms with Crippen LogP contribution in [0, 0.1) is 12.7 Å². The number of fused-ring (bicyclic) bond motifs is 5. The molecular formula is C31H36FN7O3. The molecule has 11 heteroatoms. The molecule has 0 saturated carbocycles. The molecule has 2 aromatic carbocycles. The monoisotopic (exact) mass is 573 g/mol. The molecule has 0 spiro atoms. The van der Waals surface area contributed by atoms with Gasteiger partial charge in [0, 0.05) is 43.5 Å². The van der Waals surface area contributed by atoms with E-state index in [2.05, 4.69) is 57.7 Å². The third kappa shape index (κ3) is 4.96. The van der Waals surface area contributed by atoms with Crippen LogP contribution in [-0.4, -0.2) is 55.8 Å². The molecule has 220 valence electrons. The highest BCUT2D eigenvalue weighted by Crippen LogP contribution is 2.54. The maximum absolute atomic E-state index is 15.4. The molecular weight excluding hydrogens is 537 g/mol. The first-order valence-electron chi connectivity index (χ1n) is 14.3. The van der Waals surface area contributed by atoms with Crippen LogP contribution in [-0.2, 0) is 24.4 Å². The topological polar surface area (TPSA) is 99.3 Å². The van der Waals surface area contributed by atoms with Crippen LogP contribution in [0.3, 0.4) is 0 Å². The normalized spacial score (nSPS) is 17.7. The fourth-order valence-electron chi connectivity index (χ4n) is 6.52. The Morgan fingerprint density at radius 1 is 1.12 bits per heavy atom. The fourth-order valence-corrected chi connectivity index (χ4v) is 6.52. The van der Waals surface area contributed by atoms with Gasteiger partial charge in [0.1, 0.15) is 5.69 Å². The lowest BCUT2D eigenvalue weighted by molar-refractivity contribution is 0.0945. The number of aryl methyl sites for hydroxylation is 1. The first-order chi connectivity index (χ1) is 20.3. The van der Waals surface area contributed by atoms with Crippen LogP contribution < -0.4 is 10.1 Å². The number of carbonyl (C=O) groups is 1. The Kier molecular flexibility index (Phi) is 7.54. The van der Waals surface area contributed by atoms with Crippen LogP contribution in [0.25, 0.3) is 5.69 Å². The summed E-state index contributed by atoms with van der Waals surface area (Å²) in [7, 11) is 2.96. The number of hydrogen-bond donors (Lipinski definition) is 1. The molecule has 0 aliphatic carbocycles. The van der Waals surface area contributed by atoms with E-state index >= 15 is 4.39 Å². The smallest absolute Gasteiger partial charge is 0.255 e. The second kappa shape index (κ2) is 11.3. The predicted molar refractivity (Wildman–Crippen MR) is 154 cm³/mol. The first-order valence-corrected chi connectivity index (χ1v) is 14.3. The van der Waals surface area contributed by atoms with Crippen molar-refractivity contribution in [2.45, 2.75) is 71.4 Å². The minimum Gasteiger partial charge on any atom is -0.494 e. The number of nitrogens with zero attached hydrogens (tertiary/aromatic N) is 6. The summed E-state index contributed by atoms with van der Waals surface area (Å²) in [6, 6.07) is 11.4. The van der Waals surface area contributed by atoms with Gasteiger partial charge in [0.15, 0.2) is 11.6 Å². The molecule has 10 nitrogen and oxygen atoms in total. The Bertz CT molecular complexity index is 1630. The van der Waals surface area contributed by atoms with E-state index in [1.54, 1.807) is 37.2 Å². The van der Waals surface area contributed by atoms with E-state index in [1.165, 1.54) is 41.8 Å². The maximum Gasteiger partial charge on any atom is 0.255 e. The molecule has 2 bridgehead atoms. The van der Waals surface area contributed by atoms with Crippen LogP contribution in [0.2, 0.25) is 0 Å². The van der Waals surface area contributed by atoms with Crippen molar-refractivity contribution in [3.8, 4) is 11.4 Å². The Hall–Kier alpha value is -4.09. The molecule has 2 aromatic heterocycles. The number of rotatable bonds is 10. The zero-order valence-corrected chi connectivity index (χ0v) is 24.6. The van der Waals surface area contributed by atoms with E-state index in [0.29, 0.717) is 47.3 Å². The molecule has 1 amide bonds. The second-order valence-corrected chi connectivity index (χ2v) is 11.3. The molecule has 1 N–H and O–H groups in total. The molecule has 1 saturated heterocycles. The lowest BCUT2D eigenvalue weighted by Crippen LogP contribution is -2.27. The van der Waals surface area contributed by atoms with Crippen molar-refractivity contribution in [3.05, 3.63) is 87.7 Å². The van der Waals surface area contributed by atoms with Crippen LogP contribution in [0.4, 0.5) is 4.39 Å². The lowest BCUT2D eigenvalue weighted by Gasteiger charge is -2.26. The number of aromatic nitrogens is 5. The number of halogens is 1. The maximum atomic E-state index is 15.4. The molecule has 2 aliphatic heterocycles. The quantitative estimate of drug-likeness (QED) is 0.295. The molecule has 4 aromatic rings. The fraction of sp³-hybridized carbons (Fsp3) is 0.419. The van der Waals surface area contributed by atoms with Crippen LogP contribution in [0.15, 0.2) is 42.7 Å². The van der Waals surface area contributed by atoms with E-state index in [-0.39, 0.29) is 30.4 Å². The summed E-state index contributed by atoms with van der Waals surface area (Å²) in [5.74, 6) is -0.875. The molecule has 42 heavy (non-hydrogen) atoms. The van der Waals surface area contributed by atoms with Crippen molar-refractivity contribution in [2.75, 3.05) is 14.2 Å². The molecule has 0 radical (unpaired) electrons. The Morgan fingerprint density at radius 2 is 1.90 bits per heavy atom. The number of methoxy groups -OCH3 is 2. The van der Waals surface area contributed by atoms with E-state index in [0.717, 1.165) is 5.56 Å². The Balaban J connectivity index is 1.22. The average Bonchev–Trinajstić information content (AvgIpc) is 3.75. The van der Waals surface area contributed by atoms with Crippen molar-refractivity contribution in [2.24, 2.45) is 0 Å². The average molecular weight is 574 g/mol. The van der Waals surface area contributed by atoms with Gasteiger partial charge >= 0.3 is 0 Å². The zero-order valence-electron chi connectivity index (χ0n) is 24.6. The highest BCUT2D eigenvalue weighted by Gasteiger charge is 2.44. The van der Waals surface area contributed by atoms with Gasteiger partial charge in [-0.15, -0.1) is 5.10 Å². The largest absolute Gasteiger partial charge is 0.494 e. The Morgan fingerprint density at radius 3 is 2.60 bits per heavy atom. The number of nitrogens with one attached hydrogen (secondary N) is 1. The van der Waals surface area contributed by atoms with Crippen molar-refractivity contribution in [1.82, 2.24) is 35.0 Å². The number of amides is 1. The van der Waals surface area contributed by atoms with Gasteiger partial charge in [0.2, 0.25) is 0 Å². The van der Waals surface area contributed by atoms with Crippen molar-refractivity contribution in [3.63, 3.8) is 0 Å². The van der Waals surface area contributed by atoms with Gasteiger partial charge in [0.05, 0.1) is 43.4 Å². The Labute approximate surface area is 244 Å². The van der Waals surface area contributed by atoms with Gasteiger partial charge in [-0.3, -0.25) is 14.4 Å². The van der Waals surface area contributed by atoms with Gasteiger partial charge < -0.3 is 14.8 Å². The van der Waals surface area contributed by atoms with Gasteiger partial charge in [-0.25, -0.2) is 9.07 Å². The van der Waals surface area contributed by atoms with Gasteiger partial charge in [-0.05, 0) is 62.4 Å². The molecule has 1 fully saturated rings. The summed E-state index contributed by atoms with van der Waals surface area (Å²) >= 11 is 0. The summed E-state index contributed by atoms with van der Waals surface area (Å²) in [6.07, 6.45) is 5.83. The molecule has 2 unspecified atom stereocenters. The van der Waals surface area contributed by atoms with Gasteiger partial charge in [-0.1, -0.05) is 23.4 Å². The third-order valence-electron chi connectivity index (χ3n) is 8.29. The number of benzene rings is 2. The summed E-state index contributed by atoms with van der Waals surface area (Å²) in [4.78, 5) is 16.1. The highest BCUT2D eigenvalue weighted by atomic mass is 19.1. The highest BCUT2D eigenvalue weighted by molar-refractivity contribution is 5.95. The van der Waals surface area contributed by atoms with Crippen molar-refractivity contribution >= 4 is 5.91 Å². The minimum absolute atomic E-state index is 0.0758. The van der Waals surface area contributed by atoms with Gasteiger partial charge in [0.25, 0.3) is 5.91 Å². The van der Waals surface area contributed by atoms with Crippen LogP contribution in [0.1, 0.15) is 82.8 Å². The summed E-state index contributed by atoms with van der Waals surface area (Å²) in [6.45, 7) is 6.94. The summed E-state index contributed by atoms with van der Waals surface area (Å²) in [5.41, 5.74) is 6.26. The van der Waals surface area contributed by atoms with Crippen molar-refractivity contribution < 1.29 is 18.7 Å². The van der Waals surface area contributed by atoms with E-state index in [1.807, 2.05) is 0 Å². The van der Waals surface area contributed by atoms with Crippen molar-refractivity contribution in [1.29, 1.82) is 0 Å². The molecule has 4 heterocycles. The molecule has 6 rings (SSSR count). The third-order valence-corrected chi connectivity index (χ3v) is 8.29. The SMILES string of the molecule is COCc1nn(Cc2ccc3c(c2)C2CCC3N2C(C)C)cc1C(=O)NCc1c(-n2cc(C)nn2)ccc(OC)c1F. The van der Waals surface area contributed by atoms with E-state index < -0.39 is 5.82 Å². The van der Waals surface area contributed by atoms with Gasteiger partial charge in [-0.2, -0.15) is 5.10 Å². The van der Waals surface area contributed by atoms with Crippen LogP contribution >= 0.6 is 0 Å². The first kappa shape index (κ1) is 28.0. The van der Waals surface area contributed by atoms with E-state index in [4.69, 9.17) is 9.47 Å². The minimum atomic E-state index is -0.572. The van der Waals surface area contributed by atoms with Crippen LogP contribution in [0.5, 0.6) is 5.75 Å². The second-order valence-electron chi connectivity index (χ2n) is 11.3. The standard InChI is InChI=1S/C31H36FN7O3/c1-18(2)39-27-8-9-28(39)22-12-20(6-7-21(22)27)15-37-16-24(25(35-37)17-41-4)31(40)33-13-23-26(38-14-19(3)34-36-38)10-11-29(42-5)30(23)32/h6-7,10-12,14,16,18,27-28H,8-9,13,15,17H2,1-5H3,(H,33,40). The number of carbonyl (C=O) groups excluding carboxylic acids is 1. The number of hydrogen-bond acceptors (Lipinski definition) is 7. The summed E-state index contributed by atoms with van der Waals surface area (Å²) in [5, 5.41) is 15.6.